The average molecular weight is 285 g/mol. The zero-order valence-corrected chi connectivity index (χ0v) is 12.0. The fourth-order valence-corrected chi connectivity index (χ4v) is 3.97. The number of rotatable bonds is 4. The summed E-state index contributed by atoms with van der Waals surface area (Å²) in [6.45, 7) is 1.03. The summed E-state index contributed by atoms with van der Waals surface area (Å²) in [5.41, 5.74) is 0. The molecule has 19 heavy (non-hydrogen) atoms. The molecule has 0 aromatic heterocycles. The van der Waals surface area contributed by atoms with Gasteiger partial charge in [-0.15, -0.1) is 0 Å². The molecular formula is C14H20FNO2S. The van der Waals surface area contributed by atoms with Crippen LogP contribution < -0.4 is 0 Å². The van der Waals surface area contributed by atoms with Crippen molar-refractivity contribution in [1.29, 1.82) is 0 Å². The predicted molar refractivity (Wildman–Crippen MR) is 73.3 cm³/mol. The first-order chi connectivity index (χ1) is 8.99. The molecule has 1 atom stereocenters. The van der Waals surface area contributed by atoms with E-state index in [0.29, 0.717) is 12.5 Å². The summed E-state index contributed by atoms with van der Waals surface area (Å²) in [7, 11) is -1.33. The highest BCUT2D eigenvalue weighted by atomic mass is 32.2. The second-order valence-electron chi connectivity index (χ2n) is 5.20. The van der Waals surface area contributed by atoms with Gasteiger partial charge in [-0.3, -0.25) is 0 Å². The van der Waals surface area contributed by atoms with Crippen LogP contribution in [0.1, 0.15) is 25.7 Å². The minimum absolute atomic E-state index is 0.0887. The van der Waals surface area contributed by atoms with Crippen molar-refractivity contribution < 1.29 is 12.8 Å². The van der Waals surface area contributed by atoms with Crippen LogP contribution >= 0.6 is 0 Å². The van der Waals surface area contributed by atoms with Crippen molar-refractivity contribution in [2.45, 2.75) is 36.6 Å². The number of sulfone groups is 1. The van der Waals surface area contributed by atoms with Crippen LogP contribution in [0, 0.1) is 5.82 Å². The van der Waals surface area contributed by atoms with E-state index >= 15 is 0 Å². The molecule has 5 heteroatoms. The zero-order valence-electron chi connectivity index (χ0n) is 11.2. The summed E-state index contributed by atoms with van der Waals surface area (Å²) >= 11 is 0. The van der Waals surface area contributed by atoms with E-state index in [1.54, 1.807) is 0 Å². The molecule has 0 saturated carbocycles. The highest BCUT2D eigenvalue weighted by molar-refractivity contribution is 7.91. The normalized spacial score (nSPS) is 21.5. The van der Waals surface area contributed by atoms with Gasteiger partial charge in [-0.25, -0.2) is 12.8 Å². The number of hydrogen-bond acceptors (Lipinski definition) is 3. The summed E-state index contributed by atoms with van der Waals surface area (Å²) in [5, 5.41) is 0. The Morgan fingerprint density at radius 1 is 1.37 bits per heavy atom. The molecule has 1 unspecified atom stereocenters. The van der Waals surface area contributed by atoms with Crippen LogP contribution in [0.5, 0.6) is 0 Å². The van der Waals surface area contributed by atoms with E-state index in [2.05, 4.69) is 4.90 Å². The average Bonchev–Trinajstić information content (AvgIpc) is 2.38. The lowest BCUT2D eigenvalue weighted by Crippen LogP contribution is -2.37. The number of likely N-dealkylation sites (tertiary alicyclic amines) is 1. The van der Waals surface area contributed by atoms with E-state index in [4.69, 9.17) is 0 Å². The summed E-state index contributed by atoms with van der Waals surface area (Å²) in [6, 6.07) is 5.59. The Bertz CT molecular complexity index is 530. The Balaban J connectivity index is 2.01. The van der Waals surface area contributed by atoms with Crippen molar-refractivity contribution in [2.75, 3.05) is 19.3 Å². The highest BCUT2D eigenvalue weighted by Crippen LogP contribution is 2.20. The van der Waals surface area contributed by atoms with Crippen LogP contribution in [0.4, 0.5) is 4.39 Å². The van der Waals surface area contributed by atoms with Gasteiger partial charge in [0.05, 0.1) is 10.6 Å². The summed E-state index contributed by atoms with van der Waals surface area (Å²) in [5.74, 6) is -0.415. The highest BCUT2D eigenvalue weighted by Gasteiger charge is 2.22. The van der Waals surface area contributed by atoms with Crippen LogP contribution in [0.15, 0.2) is 29.2 Å². The molecule has 0 amide bonds. The molecular weight excluding hydrogens is 265 g/mol. The molecule has 1 fully saturated rings. The number of piperidine rings is 1. The van der Waals surface area contributed by atoms with Crippen LogP contribution in [0.2, 0.25) is 0 Å². The Morgan fingerprint density at radius 2 is 2.16 bits per heavy atom. The van der Waals surface area contributed by atoms with Crippen LogP contribution in [-0.2, 0) is 9.84 Å². The number of nitrogens with zero attached hydrogens (tertiary/aromatic N) is 1. The molecule has 0 spiro atoms. The molecule has 1 saturated heterocycles. The van der Waals surface area contributed by atoms with E-state index in [-0.39, 0.29) is 10.6 Å². The third kappa shape index (κ3) is 3.76. The summed E-state index contributed by atoms with van der Waals surface area (Å²) in [6.07, 6.45) is 4.02. The lowest BCUT2D eigenvalue weighted by atomic mass is 10.0. The van der Waals surface area contributed by atoms with Crippen molar-refractivity contribution >= 4 is 9.84 Å². The van der Waals surface area contributed by atoms with Gasteiger partial charge in [0.1, 0.15) is 5.82 Å². The van der Waals surface area contributed by atoms with E-state index in [1.165, 1.54) is 24.6 Å². The smallest absolute Gasteiger partial charge is 0.178 e. The number of hydrogen-bond donors (Lipinski definition) is 0. The van der Waals surface area contributed by atoms with E-state index in [0.717, 1.165) is 25.5 Å². The molecule has 2 rings (SSSR count). The topological polar surface area (TPSA) is 37.4 Å². The fraction of sp³-hybridized carbons (Fsp3) is 0.571. The van der Waals surface area contributed by atoms with Gasteiger partial charge in [-0.2, -0.15) is 0 Å². The molecule has 1 aliphatic heterocycles. The second kappa shape index (κ2) is 6.01. The molecule has 106 valence electrons. The molecule has 1 heterocycles. The van der Waals surface area contributed by atoms with Gasteiger partial charge in [0, 0.05) is 6.04 Å². The zero-order chi connectivity index (χ0) is 13.9. The van der Waals surface area contributed by atoms with Gasteiger partial charge in [0.15, 0.2) is 9.84 Å². The van der Waals surface area contributed by atoms with Crippen molar-refractivity contribution in [2.24, 2.45) is 0 Å². The van der Waals surface area contributed by atoms with Crippen molar-refractivity contribution in [3.8, 4) is 0 Å². The van der Waals surface area contributed by atoms with Crippen LogP contribution in [-0.4, -0.2) is 38.7 Å². The van der Waals surface area contributed by atoms with Gasteiger partial charge >= 0.3 is 0 Å². The SMILES string of the molecule is CN1CCCCC1CCS(=O)(=O)c1cccc(F)c1. The largest absolute Gasteiger partial charge is 0.303 e. The second-order valence-corrected chi connectivity index (χ2v) is 7.30. The monoisotopic (exact) mass is 285 g/mol. The van der Waals surface area contributed by atoms with E-state index < -0.39 is 15.7 Å². The maximum Gasteiger partial charge on any atom is 0.178 e. The van der Waals surface area contributed by atoms with Gasteiger partial charge in [0.2, 0.25) is 0 Å². The van der Waals surface area contributed by atoms with Crippen LogP contribution in [0.25, 0.3) is 0 Å². The Labute approximate surface area is 114 Å². The number of halogens is 1. The first kappa shape index (κ1) is 14.5. The maximum absolute atomic E-state index is 13.1. The van der Waals surface area contributed by atoms with E-state index in [1.807, 2.05) is 7.05 Å². The summed E-state index contributed by atoms with van der Waals surface area (Å²) < 4.78 is 37.4. The first-order valence-corrected chi connectivity index (χ1v) is 8.33. The Morgan fingerprint density at radius 3 is 2.84 bits per heavy atom. The molecule has 0 N–H and O–H groups in total. The molecule has 1 aromatic rings. The molecule has 0 bridgehead atoms. The van der Waals surface area contributed by atoms with Crippen molar-refractivity contribution in [1.82, 2.24) is 4.90 Å². The van der Waals surface area contributed by atoms with Gasteiger partial charge < -0.3 is 4.90 Å². The minimum atomic E-state index is -3.37. The maximum atomic E-state index is 13.1. The summed E-state index contributed by atoms with van der Waals surface area (Å²) in [4.78, 5) is 2.32. The van der Waals surface area contributed by atoms with Gasteiger partial charge in [-0.05, 0) is 51.1 Å². The standard InChI is InChI=1S/C14H20FNO2S/c1-16-9-3-2-6-13(16)8-10-19(17,18)14-7-4-5-12(15)11-14/h4-5,7,11,13H,2-3,6,8-10H2,1H3. The lowest BCUT2D eigenvalue weighted by Gasteiger charge is -2.32. The van der Waals surface area contributed by atoms with Crippen LogP contribution in [0.3, 0.4) is 0 Å². The lowest BCUT2D eigenvalue weighted by molar-refractivity contribution is 0.181. The molecule has 0 aliphatic carbocycles. The minimum Gasteiger partial charge on any atom is -0.303 e. The first-order valence-electron chi connectivity index (χ1n) is 6.67. The van der Waals surface area contributed by atoms with Crippen molar-refractivity contribution in [3.63, 3.8) is 0 Å². The Hall–Kier alpha value is -0.940. The van der Waals surface area contributed by atoms with E-state index in [9.17, 15) is 12.8 Å². The fourth-order valence-electron chi connectivity index (χ4n) is 2.58. The number of benzene rings is 1. The third-order valence-corrected chi connectivity index (χ3v) is 5.54. The molecule has 1 aliphatic rings. The van der Waals surface area contributed by atoms with Crippen molar-refractivity contribution in [3.05, 3.63) is 30.1 Å². The van der Waals surface area contributed by atoms with Gasteiger partial charge in [-0.1, -0.05) is 12.5 Å². The predicted octanol–water partition coefficient (Wildman–Crippen LogP) is 2.47. The molecule has 3 nitrogen and oxygen atoms in total. The third-order valence-electron chi connectivity index (χ3n) is 3.80. The van der Waals surface area contributed by atoms with Gasteiger partial charge in [0.25, 0.3) is 0 Å². The quantitative estimate of drug-likeness (QED) is 0.853. The molecule has 1 aromatic carbocycles. The molecule has 0 radical (unpaired) electrons. The Kier molecular flexibility index (Phi) is 4.58.